The van der Waals surface area contributed by atoms with Crippen LogP contribution in [-0.2, 0) is 26.5 Å². The first-order chi connectivity index (χ1) is 14.3. The average molecular weight is 517 g/mol. The molecule has 0 aliphatic carbocycles. The zero-order chi connectivity index (χ0) is 22.5. The Balaban J connectivity index is 0.000000562. The fourth-order valence-corrected chi connectivity index (χ4v) is 2.54. The van der Waals surface area contributed by atoms with Crippen molar-refractivity contribution in [1.29, 1.82) is 0 Å². The van der Waals surface area contributed by atoms with Crippen molar-refractivity contribution >= 4 is 34.8 Å². The summed E-state index contributed by atoms with van der Waals surface area (Å²) in [5.74, 6) is -1.57. The summed E-state index contributed by atoms with van der Waals surface area (Å²) in [5, 5.41) is 19.0. The number of hydrogen-bond donors (Lipinski definition) is 2. The van der Waals surface area contributed by atoms with Gasteiger partial charge in [0.25, 0.3) is 11.9 Å². The van der Waals surface area contributed by atoms with E-state index in [1.165, 1.54) is 0 Å². The number of carbonyl (C=O) groups is 2. The molecule has 0 fully saturated rings. The first kappa shape index (κ1) is 28.6. The molecular weight excluding hydrogens is 495 g/mol. The Morgan fingerprint density at radius 2 is 1.10 bits per heavy atom. The van der Waals surface area contributed by atoms with E-state index in [-0.39, 0.29) is 28.6 Å². The van der Waals surface area contributed by atoms with Gasteiger partial charge in [0.2, 0.25) is 0 Å². The summed E-state index contributed by atoms with van der Waals surface area (Å²) in [5.41, 5.74) is 0.677. The van der Waals surface area contributed by atoms with Crippen molar-refractivity contribution in [3.05, 3.63) is 93.7 Å². The fraction of sp³-hybridized carbons (Fsp3) is 0.182. The van der Waals surface area contributed by atoms with Crippen molar-refractivity contribution in [1.82, 2.24) is 0 Å². The van der Waals surface area contributed by atoms with Crippen LogP contribution in [0.5, 0.6) is 0 Å². The Hall–Kier alpha value is -2.44. The predicted molar refractivity (Wildman–Crippen MR) is 116 cm³/mol. The van der Waals surface area contributed by atoms with Crippen molar-refractivity contribution in [2.45, 2.75) is 13.8 Å². The standard InChI is InChI=1S/2C11H11ClO3.Cu/c2*1-2-15-11(14)7-10(13)8-5-3-4-6-9(8)12;/h2*3-7,14H,2H2,1H3;. The Labute approximate surface area is 201 Å². The van der Waals surface area contributed by atoms with Crippen LogP contribution in [0.15, 0.2) is 72.6 Å². The maximum absolute atomic E-state index is 11.5. The second-order valence-corrected chi connectivity index (χ2v) is 6.33. The van der Waals surface area contributed by atoms with Crippen molar-refractivity contribution < 1.29 is 46.3 Å². The Morgan fingerprint density at radius 1 is 0.774 bits per heavy atom. The van der Waals surface area contributed by atoms with Crippen molar-refractivity contribution in [3.63, 3.8) is 0 Å². The molecule has 2 aromatic carbocycles. The van der Waals surface area contributed by atoms with Gasteiger partial charge in [-0.05, 0) is 38.1 Å². The summed E-state index contributed by atoms with van der Waals surface area (Å²) in [7, 11) is 0. The average Bonchev–Trinajstić information content (AvgIpc) is 2.69. The summed E-state index contributed by atoms with van der Waals surface area (Å²) < 4.78 is 9.45. The smallest absolute Gasteiger partial charge is 0.280 e. The van der Waals surface area contributed by atoms with Crippen LogP contribution in [-0.4, -0.2) is 35.0 Å². The van der Waals surface area contributed by atoms with Gasteiger partial charge in [-0.2, -0.15) is 0 Å². The largest absolute Gasteiger partial charge is 0.481 e. The second kappa shape index (κ2) is 15.4. The number of carbonyl (C=O) groups excluding carboxylic acids is 2. The van der Waals surface area contributed by atoms with E-state index in [1.54, 1.807) is 62.4 Å². The zero-order valence-electron chi connectivity index (χ0n) is 16.8. The molecule has 2 aromatic rings. The number of benzene rings is 2. The SMILES string of the molecule is CCOC(O)=CC(=O)c1ccccc1Cl.CCOC(O)=CC(=O)c1ccccc1Cl.[Cu]. The van der Waals surface area contributed by atoms with Crippen molar-refractivity contribution in [2.24, 2.45) is 0 Å². The Kier molecular flexibility index (Phi) is 14.2. The van der Waals surface area contributed by atoms with Crippen molar-refractivity contribution in [3.8, 4) is 0 Å². The molecule has 0 aromatic heterocycles. The molecule has 0 unspecified atom stereocenters. The molecular formula is C22H22Cl2CuO6. The topological polar surface area (TPSA) is 93.1 Å². The summed E-state index contributed by atoms with van der Waals surface area (Å²) in [6.07, 6.45) is 2.01. The first-order valence-corrected chi connectivity index (χ1v) is 9.70. The Bertz CT molecular complexity index is 852. The summed E-state index contributed by atoms with van der Waals surface area (Å²) in [6.45, 7) is 4.03. The van der Waals surface area contributed by atoms with E-state index in [1.807, 2.05) is 0 Å². The Morgan fingerprint density at radius 3 is 1.39 bits per heavy atom. The first-order valence-electron chi connectivity index (χ1n) is 8.94. The van der Waals surface area contributed by atoms with Crippen LogP contribution in [0.1, 0.15) is 34.6 Å². The zero-order valence-corrected chi connectivity index (χ0v) is 19.2. The molecule has 171 valence electrons. The summed E-state index contributed by atoms with van der Waals surface area (Å²) in [4.78, 5) is 23.1. The van der Waals surface area contributed by atoms with Crippen LogP contribution in [0.25, 0.3) is 0 Å². The van der Waals surface area contributed by atoms with Gasteiger partial charge in [-0.1, -0.05) is 47.5 Å². The monoisotopic (exact) mass is 515 g/mol. The maximum atomic E-state index is 11.5. The van der Waals surface area contributed by atoms with E-state index >= 15 is 0 Å². The van der Waals surface area contributed by atoms with Gasteiger partial charge < -0.3 is 19.7 Å². The molecule has 6 nitrogen and oxygen atoms in total. The van der Waals surface area contributed by atoms with E-state index in [4.69, 9.17) is 42.9 Å². The van der Waals surface area contributed by atoms with E-state index < -0.39 is 11.9 Å². The number of ether oxygens (including phenoxy) is 2. The van der Waals surface area contributed by atoms with Gasteiger partial charge >= 0.3 is 0 Å². The van der Waals surface area contributed by atoms with E-state index in [0.29, 0.717) is 34.4 Å². The van der Waals surface area contributed by atoms with Crippen LogP contribution in [0.3, 0.4) is 0 Å². The minimum Gasteiger partial charge on any atom is -0.481 e. The molecule has 9 heteroatoms. The van der Waals surface area contributed by atoms with Crippen molar-refractivity contribution in [2.75, 3.05) is 13.2 Å². The molecule has 1 radical (unpaired) electrons. The number of allylic oxidation sites excluding steroid dienone is 2. The van der Waals surface area contributed by atoms with Crippen LogP contribution in [0, 0.1) is 0 Å². The molecule has 2 N–H and O–H groups in total. The molecule has 0 bridgehead atoms. The number of halogens is 2. The molecule has 0 saturated heterocycles. The summed E-state index contributed by atoms with van der Waals surface area (Å²) >= 11 is 11.6. The number of hydrogen-bond acceptors (Lipinski definition) is 6. The second-order valence-electron chi connectivity index (χ2n) is 5.52. The quantitative estimate of drug-likeness (QED) is 0.196. The third kappa shape index (κ3) is 10.4. The minimum absolute atomic E-state index is 0. The predicted octanol–water partition coefficient (Wildman–Crippen LogP) is 5.91. The number of aliphatic hydroxyl groups excluding tert-OH is 2. The van der Waals surface area contributed by atoms with Crippen LogP contribution >= 0.6 is 23.2 Å². The number of rotatable bonds is 8. The van der Waals surface area contributed by atoms with Gasteiger partial charge in [0.15, 0.2) is 11.6 Å². The number of ketones is 2. The molecule has 0 spiro atoms. The van der Waals surface area contributed by atoms with Crippen LogP contribution < -0.4 is 0 Å². The van der Waals surface area contributed by atoms with Gasteiger partial charge in [0.1, 0.15) is 0 Å². The maximum Gasteiger partial charge on any atom is 0.280 e. The van der Waals surface area contributed by atoms with Gasteiger partial charge in [0, 0.05) is 28.2 Å². The van der Waals surface area contributed by atoms with Crippen LogP contribution in [0.4, 0.5) is 0 Å². The third-order valence-electron chi connectivity index (χ3n) is 3.37. The molecule has 2 rings (SSSR count). The van der Waals surface area contributed by atoms with E-state index in [2.05, 4.69) is 0 Å². The molecule has 31 heavy (non-hydrogen) atoms. The number of aliphatic hydroxyl groups is 2. The van der Waals surface area contributed by atoms with Gasteiger partial charge in [-0.15, -0.1) is 0 Å². The van der Waals surface area contributed by atoms with Gasteiger partial charge in [-0.3, -0.25) is 9.59 Å². The normalized spacial score (nSPS) is 10.8. The molecule has 0 aliphatic heterocycles. The van der Waals surface area contributed by atoms with E-state index in [9.17, 15) is 9.59 Å². The van der Waals surface area contributed by atoms with Crippen LogP contribution in [0.2, 0.25) is 10.0 Å². The fourth-order valence-electron chi connectivity index (χ4n) is 2.08. The molecule has 0 heterocycles. The minimum atomic E-state index is -0.401. The third-order valence-corrected chi connectivity index (χ3v) is 4.03. The molecule has 0 aliphatic rings. The van der Waals surface area contributed by atoms with Gasteiger partial charge in [-0.25, -0.2) is 0 Å². The molecule has 0 amide bonds. The molecule has 0 saturated carbocycles. The summed E-state index contributed by atoms with van der Waals surface area (Å²) in [6, 6.07) is 13.2. The van der Waals surface area contributed by atoms with Gasteiger partial charge in [0.05, 0.1) is 35.4 Å². The molecule has 0 atom stereocenters. The van der Waals surface area contributed by atoms with E-state index in [0.717, 1.165) is 12.2 Å².